The monoisotopic (exact) mass is 196 g/mol. The van der Waals surface area contributed by atoms with E-state index in [0.717, 1.165) is 12.8 Å². The van der Waals surface area contributed by atoms with Gasteiger partial charge in [0.2, 0.25) is 0 Å². The van der Waals surface area contributed by atoms with Crippen molar-refractivity contribution in [2.24, 2.45) is 23.7 Å². The van der Waals surface area contributed by atoms with Gasteiger partial charge in [0.15, 0.2) is 0 Å². The van der Waals surface area contributed by atoms with E-state index in [9.17, 15) is 9.59 Å². The highest BCUT2D eigenvalue weighted by molar-refractivity contribution is 5.92. The van der Waals surface area contributed by atoms with Crippen LogP contribution in [0.5, 0.6) is 0 Å². The van der Waals surface area contributed by atoms with E-state index in [4.69, 9.17) is 0 Å². The Balaban J connectivity index is 2.59. The fourth-order valence-electron chi connectivity index (χ4n) is 2.04. The predicted octanol–water partition coefficient (Wildman–Crippen LogP) is 2.46. The van der Waals surface area contributed by atoms with E-state index in [0.29, 0.717) is 0 Å². The van der Waals surface area contributed by atoms with Crippen molar-refractivity contribution in [1.29, 1.82) is 0 Å². The van der Waals surface area contributed by atoms with Crippen LogP contribution < -0.4 is 0 Å². The minimum atomic E-state index is 0.0323. The third kappa shape index (κ3) is 2.05. The molecule has 2 atom stereocenters. The molecule has 0 radical (unpaired) electrons. The number of hydrogen-bond acceptors (Lipinski definition) is 2. The third-order valence-corrected chi connectivity index (χ3v) is 3.14. The van der Waals surface area contributed by atoms with Gasteiger partial charge in [0.1, 0.15) is 11.6 Å². The molecular weight excluding hydrogens is 176 g/mol. The Hall–Kier alpha value is -0.660. The summed E-state index contributed by atoms with van der Waals surface area (Å²) in [5, 5.41) is 0. The Labute approximate surface area is 86.1 Å². The number of carbonyl (C=O) groups excluding carboxylic acids is 2. The van der Waals surface area contributed by atoms with Crippen LogP contribution in [0.1, 0.15) is 40.5 Å². The van der Waals surface area contributed by atoms with Crippen LogP contribution in [0, 0.1) is 23.7 Å². The summed E-state index contributed by atoms with van der Waals surface area (Å²) in [7, 11) is 0. The SMILES string of the molecule is CC(C)C(=O)[C@@H]1CC[C@H]1C(=O)C(C)C. The van der Waals surface area contributed by atoms with Crippen LogP contribution in [-0.4, -0.2) is 11.6 Å². The first-order valence-corrected chi connectivity index (χ1v) is 5.52. The maximum Gasteiger partial charge on any atom is 0.139 e. The fourth-order valence-corrected chi connectivity index (χ4v) is 2.04. The molecule has 0 heterocycles. The summed E-state index contributed by atoms with van der Waals surface area (Å²) in [5.74, 6) is 0.755. The van der Waals surface area contributed by atoms with Gasteiger partial charge < -0.3 is 0 Å². The van der Waals surface area contributed by atoms with Crippen molar-refractivity contribution in [2.75, 3.05) is 0 Å². The first-order chi connectivity index (χ1) is 6.45. The molecular formula is C12H20O2. The smallest absolute Gasteiger partial charge is 0.139 e. The highest BCUT2D eigenvalue weighted by Crippen LogP contribution is 2.38. The lowest BCUT2D eigenvalue weighted by Gasteiger charge is -2.36. The Kier molecular flexibility index (Phi) is 3.46. The Morgan fingerprint density at radius 3 is 1.29 bits per heavy atom. The highest BCUT2D eigenvalue weighted by Gasteiger charge is 2.41. The molecule has 0 aromatic carbocycles. The minimum absolute atomic E-state index is 0.0323. The van der Waals surface area contributed by atoms with E-state index in [1.807, 2.05) is 27.7 Å². The molecule has 1 aliphatic carbocycles. The van der Waals surface area contributed by atoms with Crippen molar-refractivity contribution in [3.63, 3.8) is 0 Å². The van der Waals surface area contributed by atoms with Crippen molar-refractivity contribution in [3.8, 4) is 0 Å². The standard InChI is InChI=1S/C12H20O2/c1-7(2)11(13)9-5-6-10(9)12(14)8(3)4/h7-10H,5-6H2,1-4H3/t9-,10-/m1/s1. The summed E-state index contributed by atoms with van der Waals surface area (Å²) >= 11 is 0. The second kappa shape index (κ2) is 4.24. The lowest BCUT2D eigenvalue weighted by atomic mass is 9.66. The molecule has 80 valence electrons. The molecule has 0 N–H and O–H groups in total. The molecule has 0 unspecified atom stereocenters. The molecule has 2 heteroatoms. The molecule has 2 nitrogen and oxygen atoms in total. The summed E-state index contributed by atoms with van der Waals surface area (Å²) in [6.45, 7) is 7.66. The largest absolute Gasteiger partial charge is 0.299 e. The molecule has 1 fully saturated rings. The highest BCUT2D eigenvalue weighted by atomic mass is 16.1. The zero-order valence-electron chi connectivity index (χ0n) is 9.54. The van der Waals surface area contributed by atoms with Crippen LogP contribution in [0.15, 0.2) is 0 Å². The van der Waals surface area contributed by atoms with Crippen molar-refractivity contribution in [1.82, 2.24) is 0 Å². The van der Waals surface area contributed by atoms with Crippen LogP contribution in [0.3, 0.4) is 0 Å². The number of rotatable bonds is 4. The molecule has 0 aromatic rings. The van der Waals surface area contributed by atoms with Crippen LogP contribution in [0.2, 0.25) is 0 Å². The zero-order valence-corrected chi connectivity index (χ0v) is 9.54. The molecule has 0 amide bonds. The molecule has 1 aliphatic rings. The molecule has 14 heavy (non-hydrogen) atoms. The van der Waals surface area contributed by atoms with Gasteiger partial charge >= 0.3 is 0 Å². The molecule has 0 aromatic heterocycles. The van der Waals surface area contributed by atoms with Crippen LogP contribution >= 0.6 is 0 Å². The van der Waals surface area contributed by atoms with Gasteiger partial charge in [-0.05, 0) is 12.8 Å². The maximum atomic E-state index is 11.7. The summed E-state index contributed by atoms with van der Waals surface area (Å²) in [6.07, 6.45) is 1.83. The normalized spacial score (nSPS) is 26.4. The van der Waals surface area contributed by atoms with E-state index in [1.54, 1.807) is 0 Å². The van der Waals surface area contributed by atoms with Gasteiger partial charge in [0.05, 0.1) is 0 Å². The van der Waals surface area contributed by atoms with Gasteiger partial charge in [-0.2, -0.15) is 0 Å². The summed E-state index contributed by atoms with van der Waals surface area (Å²) < 4.78 is 0. The van der Waals surface area contributed by atoms with E-state index >= 15 is 0 Å². The summed E-state index contributed by atoms with van der Waals surface area (Å²) in [5.41, 5.74) is 0. The number of carbonyl (C=O) groups is 2. The second-order valence-electron chi connectivity index (χ2n) is 4.90. The van der Waals surface area contributed by atoms with Gasteiger partial charge in [-0.1, -0.05) is 27.7 Å². The Morgan fingerprint density at radius 2 is 1.14 bits per heavy atom. The van der Waals surface area contributed by atoms with Crippen molar-refractivity contribution >= 4 is 11.6 Å². The van der Waals surface area contributed by atoms with Crippen molar-refractivity contribution in [3.05, 3.63) is 0 Å². The lowest BCUT2D eigenvalue weighted by Crippen LogP contribution is -2.41. The number of ketones is 2. The van der Waals surface area contributed by atoms with Crippen LogP contribution in [0.25, 0.3) is 0 Å². The first kappa shape index (κ1) is 11.4. The average molecular weight is 196 g/mol. The fraction of sp³-hybridized carbons (Fsp3) is 0.833. The topological polar surface area (TPSA) is 34.1 Å². The molecule has 1 saturated carbocycles. The molecule has 0 saturated heterocycles. The van der Waals surface area contributed by atoms with Gasteiger partial charge in [-0.3, -0.25) is 9.59 Å². The minimum Gasteiger partial charge on any atom is -0.299 e. The molecule has 0 spiro atoms. The summed E-state index contributed by atoms with van der Waals surface area (Å²) in [4.78, 5) is 23.4. The Bertz CT molecular complexity index is 215. The molecule has 1 rings (SSSR count). The maximum absolute atomic E-state index is 11.7. The van der Waals surface area contributed by atoms with E-state index in [1.165, 1.54) is 0 Å². The van der Waals surface area contributed by atoms with Gasteiger partial charge in [-0.25, -0.2) is 0 Å². The third-order valence-electron chi connectivity index (χ3n) is 3.14. The second-order valence-corrected chi connectivity index (χ2v) is 4.90. The molecule has 0 bridgehead atoms. The number of hydrogen-bond donors (Lipinski definition) is 0. The van der Waals surface area contributed by atoms with Gasteiger partial charge in [-0.15, -0.1) is 0 Å². The van der Waals surface area contributed by atoms with E-state index < -0.39 is 0 Å². The first-order valence-electron chi connectivity index (χ1n) is 5.52. The zero-order chi connectivity index (χ0) is 10.9. The van der Waals surface area contributed by atoms with Crippen LogP contribution in [-0.2, 0) is 9.59 Å². The quantitative estimate of drug-likeness (QED) is 0.692. The molecule has 0 aliphatic heterocycles. The Morgan fingerprint density at radius 1 is 0.857 bits per heavy atom. The van der Waals surface area contributed by atoms with E-state index in [2.05, 4.69) is 0 Å². The van der Waals surface area contributed by atoms with Gasteiger partial charge in [0, 0.05) is 23.7 Å². The van der Waals surface area contributed by atoms with Crippen LogP contribution in [0.4, 0.5) is 0 Å². The average Bonchev–Trinajstić information content (AvgIpc) is 2.01. The van der Waals surface area contributed by atoms with Gasteiger partial charge in [0.25, 0.3) is 0 Å². The van der Waals surface area contributed by atoms with Crippen molar-refractivity contribution in [2.45, 2.75) is 40.5 Å². The van der Waals surface area contributed by atoms with Crippen molar-refractivity contribution < 1.29 is 9.59 Å². The van der Waals surface area contributed by atoms with E-state index in [-0.39, 0.29) is 35.2 Å². The predicted molar refractivity (Wildman–Crippen MR) is 55.9 cm³/mol. The lowest BCUT2D eigenvalue weighted by molar-refractivity contribution is -0.141. The number of Topliss-reactive ketones (excluding diaryl/α,β-unsaturated/α-hetero) is 2. The summed E-state index contributed by atoms with van der Waals surface area (Å²) in [6, 6.07) is 0.